The maximum atomic E-state index is 13.2. The molecule has 1 unspecified atom stereocenters. The largest absolute Gasteiger partial charge is 0.381 e. The van der Waals surface area contributed by atoms with Crippen LogP contribution in [-0.4, -0.2) is 62.5 Å². The van der Waals surface area contributed by atoms with Crippen molar-refractivity contribution in [3.63, 3.8) is 0 Å². The number of carbonyl (C=O) groups is 2. The molecule has 6 nitrogen and oxygen atoms in total. The molecule has 0 aliphatic carbocycles. The van der Waals surface area contributed by atoms with E-state index in [0.717, 1.165) is 68.4 Å². The molecule has 1 fully saturated rings. The minimum atomic E-state index is -0.143. The SMILES string of the molecule is COC1CCN(CCCCCCCNCC=O)[C@@H](C(=O)Nc2c(C)cccc2C)C1. The third-order valence-corrected chi connectivity index (χ3v) is 6.06. The highest BCUT2D eigenvalue weighted by molar-refractivity contribution is 5.96. The number of likely N-dealkylation sites (tertiary alicyclic amines) is 1. The van der Waals surface area contributed by atoms with Gasteiger partial charge in [0.1, 0.15) is 6.29 Å². The van der Waals surface area contributed by atoms with Crippen molar-refractivity contribution in [1.29, 1.82) is 0 Å². The lowest BCUT2D eigenvalue weighted by molar-refractivity contribution is -0.125. The molecule has 0 radical (unpaired) electrons. The van der Waals surface area contributed by atoms with Gasteiger partial charge in [-0.2, -0.15) is 0 Å². The minimum absolute atomic E-state index is 0.0791. The van der Waals surface area contributed by atoms with Crippen LogP contribution in [0.4, 0.5) is 5.69 Å². The van der Waals surface area contributed by atoms with Crippen LogP contribution in [0.3, 0.4) is 0 Å². The van der Waals surface area contributed by atoms with E-state index in [4.69, 9.17) is 4.74 Å². The van der Waals surface area contributed by atoms with E-state index in [-0.39, 0.29) is 18.1 Å². The molecule has 2 atom stereocenters. The van der Waals surface area contributed by atoms with Gasteiger partial charge in [-0.3, -0.25) is 9.69 Å². The summed E-state index contributed by atoms with van der Waals surface area (Å²) in [5.74, 6) is 0.0791. The van der Waals surface area contributed by atoms with E-state index in [2.05, 4.69) is 15.5 Å². The average molecular weight is 418 g/mol. The minimum Gasteiger partial charge on any atom is -0.381 e. The van der Waals surface area contributed by atoms with Crippen molar-refractivity contribution in [2.75, 3.05) is 38.6 Å². The first-order valence-corrected chi connectivity index (χ1v) is 11.3. The molecule has 1 aliphatic heterocycles. The number of piperidine rings is 1. The summed E-state index contributed by atoms with van der Waals surface area (Å²) in [7, 11) is 1.74. The predicted octanol–water partition coefficient (Wildman–Crippen LogP) is 3.46. The fourth-order valence-electron chi connectivity index (χ4n) is 4.21. The van der Waals surface area contributed by atoms with Gasteiger partial charge in [0.25, 0.3) is 0 Å². The molecular formula is C24H39N3O3. The summed E-state index contributed by atoms with van der Waals surface area (Å²) in [6.45, 7) is 7.28. The van der Waals surface area contributed by atoms with Gasteiger partial charge in [0.2, 0.25) is 5.91 Å². The number of unbranched alkanes of at least 4 members (excludes halogenated alkanes) is 4. The van der Waals surface area contributed by atoms with Crippen LogP contribution in [-0.2, 0) is 14.3 Å². The number of hydrogen-bond donors (Lipinski definition) is 2. The molecule has 1 aliphatic rings. The van der Waals surface area contributed by atoms with Crippen LogP contribution in [0.5, 0.6) is 0 Å². The van der Waals surface area contributed by atoms with E-state index in [1.807, 2.05) is 32.0 Å². The monoisotopic (exact) mass is 417 g/mol. The Bertz CT molecular complexity index is 645. The van der Waals surface area contributed by atoms with Gasteiger partial charge in [0.05, 0.1) is 18.7 Å². The molecule has 2 N–H and O–H groups in total. The smallest absolute Gasteiger partial charge is 0.241 e. The van der Waals surface area contributed by atoms with Gasteiger partial charge in [-0.25, -0.2) is 0 Å². The average Bonchev–Trinajstić information content (AvgIpc) is 2.75. The number of para-hydroxylation sites is 1. The van der Waals surface area contributed by atoms with Gasteiger partial charge >= 0.3 is 0 Å². The van der Waals surface area contributed by atoms with E-state index in [9.17, 15) is 9.59 Å². The van der Waals surface area contributed by atoms with Gasteiger partial charge in [0.15, 0.2) is 0 Å². The first kappa shape index (κ1) is 24.5. The normalized spacial score (nSPS) is 19.6. The number of rotatable bonds is 13. The highest BCUT2D eigenvalue weighted by Gasteiger charge is 2.33. The number of methoxy groups -OCH3 is 1. The highest BCUT2D eigenvalue weighted by atomic mass is 16.5. The molecule has 0 bridgehead atoms. The predicted molar refractivity (Wildman–Crippen MR) is 122 cm³/mol. The van der Waals surface area contributed by atoms with Gasteiger partial charge in [-0.15, -0.1) is 0 Å². The quantitative estimate of drug-likeness (QED) is 0.380. The van der Waals surface area contributed by atoms with Crippen LogP contribution in [0.1, 0.15) is 56.1 Å². The molecule has 1 aromatic rings. The van der Waals surface area contributed by atoms with Crippen molar-refractivity contribution in [3.05, 3.63) is 29.3 Å². The number of nitrogens with one attached hydrogen (secondary N) is 2. The number of anilines is 1. The lowest BCUT2D eigenvalue weighted by Gasteiger charge is -2.38. The zero-order chi connectivity index (χ0) is 21.8. The fourth-order valence-corrected chi connectivity index (χ4v) is 4.21. The molecule has 6 heteroatoms. The lowest BCUT2D eigenvalue weighted by Crippen LogP contribution is -2.51. The molecule has 1 amide bonds. The van der Waals surface area contributed by atoms with E-state index in [1.54, 1.807) is 7.11 Å². The van der Waals surface area contributed by atoms with E-state index in [0.29, 0.717) is 6.54 Å². The summed E-state index contributed by atoms with van der Waals surface area (Å²) in [6, 6.07) is 5.95. The van der Waals surface area contributed by atoms with Crippen molar-refractivity contribution in [1.82, 2.24) is 10.2 Å². The fraction of sp³-hybridized carbons (Fsp3) is 0.667. The van der Waals surface area contributed by atoms with Gasteiger partial charge < -0.3 is 20.2 Å². The number of ether oxygens (including phenoxy) is 1. The third-order valence-electron chi connectivity index (χ3n) is 6.06. The van der Waals surface area contributed by atoms with Crippen molar-refractivity contribution < 1.29 is 14.3 Å². The van der Waals surface area contributed by atoms with Gasteiger partial charge in [-0.05, 0) is 63.7 Å². The summed E-state index contributed by atoms with van der Waals surface area (Å²) in [5, 5.41) is 6.29. The Morgan fingerprint density at radius 2 is 1.87 bits per heavy atom. The summed E-state index contributed by atoms with van der Waals surface area (Å²) in [6.07, 6.45) is 8.52. The lowest BCUT2D eigenvalue weighted by atomic mass is 9.97. The maximum Gasteiger partial charge on any atom is 0.241 e. The van der Waals surface area contributed by atoms with Crippen LogP contribution >= 0.6 is 0 Å². The highest BCUT2D eigenvalue weighted by Crippen LogP contribution is 2.24. The van der Waals surface area contributed by atoms with Crippen LogP contribution in [0.2, 0.25) is 0 Å². The Kier molecular flexibility index (Phi) is 11.0. The Morgan fingerprint density at radius 1 is 1.17 bits per heavy atom. The topological polar surface area (TPSA) is 70.7 Å². The first-order valence-electron chi connectivity index (χ1n) is 11.3. The number of aldehydes is 1. The Morgan fingerprint density at radius 3 is 2.57 bits per heavy atom. The van der Waals surface area contributed by atoms with Crippen molar-refractivity contribution >= 4 is 17.9 Å². The third kappa shape index (κ3) is 7.82. The molecule has 30 heavy (non-hydrogen) atoms. The molecule has 0 saturated carbocycles. The van der Waals surface area contributed by atoms with Crippen LogP contribution in [0.25, 0.3) is 0 Å². The number of amides is 1. The number of nitrogens with zero attached hydrogens (tertiary/aromatic N) is 1. The summed E-state index contributed by atoms with van der Waals surface area (Å²) < 4.78 is 5.58. The Hall–Kier alpha value is -1.76. The summed E-state index contributed by atoms with van der Waals surface area (Å²) >= 11 is 0. The maximum absolute atomic E-state index is 13.2. The zero-order valence-corrected chi connectivity index (χ0v) is 18.9. The van der Waals surface area contributed by atoms with Gasteiger partial charge in [0, 0.05) is 19.3 Å². The number of hydrogen-bond acceptors (Lipinski definition) is 5. The van der Waals surface area contributed by atoms with Crippen LogP contribution < -0.4 is 10.6 Å². The second-order valence-corrected chi connectivity index (χ2v) is 8.33. The standard InChI is InChI=1S/C24H39N3O3/c1-19-10-9-11-20(2)23(19)26-24(29)22-18-21(30-3)12-16-27(22)15-8-6-4-5-7-13-25-14-17-28/h9-11,17,21-22,25H,4-8,12-16,18H2,1-3H3,(H,26,29)/t21?,22-/m1/s1. The second-order valence-electron chi connectivity index (χ2n) is 8.33. The molecule has 2 rings (SSSR count). The first-order chi connectivity index (χ1) is 14.6. The van der Waals surface area contributed by atoms with E-state index >= 15 is 0 Å². The summed E-state index contributed by atoms with van der Waals surface area (Å²) in [5.41, 5.74) is 3.12. The number of carbonyl (C=O) groups excluding carboxylic acids is 2. The molecule has 168 valence electrons. The summed E-state index contributed by atoms with van der Waals surface area (Å²) in [4.78, 5) is 25.8. The molecule has 0 aromatic heterocycles. The molecule has 1 aromatic carbocycles. The van der Waals surface area contributed by atoms with Crippen molar-refractivity contribution in [2.45, 2.75) is 70.9 Å². The molecule has 0 spiro atoms. The van der Waals surface area contributed by atoms with E-state index in [1.165, 1.54) is 19.3 Å². The molecular weight excluding hydrogens is 378 g/mol. The van der Waals surface area contributed by atoms with Crippen molar-refractivity contribution in [3.8, 4) is 0 Å². The van der Waals surface area contributed by atoms with Crippen LogP contribution in [0, 0.1) is 13.8 Å². The molecule has 1 saturated heterocycles. The molecule has 1 heterocycles. The Balaban J connectivity index is 1.83. The number of aryl methyl sites for hydroxylation is 2. The van der Waals surface area contributed by atoms with Crippen LogP contribution in [0.15, 0.2) is 18.2 Å². The van der Waals surface area contributed by atoms with Crippen molar-refractivity contribution in [2.24, 2.45) is 0 Å². The zero-order valence-electron chi connectivity index (χ0n) is 18.9. The van der Waals surface area contributed by atoms with E-state index < -0.39 is 0 Å². The second kappa shape index (κ2) is 13.5. The number of benzene rings is 1. The Labute approximate surface area is 181 Å². The van der Waals surface area contributed by atoms with Gasteiger partial charge in [-0.1, -0.05) is 37.5 Å².